The van der Waals surface area contributed by atoms with Crippen LogP contribution in [-0.2, 0) is 11.3 Å². The normalized spacial score (nSPS) is 8.91. The average Bonchev–Trinajstić information content (AvgIpc) is 2.13. The van der Waals surface area contributed by atoms with Crippen LogP contribution in [0, 0.1) is 6.92 Å². The van der Waals surface area contributed by atoms with E-state index in [0.29, 0.717) is 6.54 Å². The van der Waals surface area contributed by atoms with E-state index in [-0.39, 0.29) is 18.2 Å². The number of nitrogens with zero attached hydrogens (tertiary/aromatic N) is 1. The van der Waals surface area contributed by atoms with Gasteiger partial charge in [0.05, 0.1) is 4.88 Å². The van der Waals surface area contributed by atoms with Gasteiger partial charge in [-0.1, -0.05) is 11.3 Å². The number of aryl methyl sites for hydroxylation is 1. The lowest BCUT2D eigenvalue weighted by Crippen LogP contribution is -3.00. The summed E-state index contributed by atoms with van der Waals surface area (Å²) >= 11 is 1.66. The summed E-state index contributed by atoms with van der Waals surface area (Å²) in [7, 11) is 0. The Bertz CT molecular complexity index is 246. The molecular formula is C7H10ClNOS. The monoisotopic (exact) mass is 191 g/mol. The Morgan fingerprint density at radius 1 is 1.73 bits per heavy atom. The van der Waals surface area contributed by atoms with Crippen molar-refractivity contribution in [2.75, 3.05) is 0 Å². The molecule has 0 saturated carbocycles. The van der Waals surface area contributed by atoms with Gasteiger partial charge in [-0.15, -0.1) is 0 Å². The number of ketones is 1. The van der Waals surface area contributed by atoms with Crippen LogP contribution in [0.4, 0.5) is 0 Å². The van der Waals surface area contributed by atoms with E-state index in [0.717, 1.165) is 0 Å². The van der Waals surface area contributed by atoms with Gasteiger partial charge >= 0.3 is 0 Å². The van der Waals surface area contributed by atoms with E-state index in [1.54, 1.807) is 18.3 Å². The molecule has 0 aliphatic carbocycles. The van der Waals surface area contributed by atoms with Crippen molar-refractivity contribution in [2.45, 2.75) is 20.4 Å². The van der Waals surface area contributed by atoms with Crippen LogP contribution in [0.1, 0.15) is 11.8 Å². The second-order valence-corrected chi connectivity index (χ2v) is 3.43. The van der Waals surface area contributed by atoms with Gasteiger partial charge in [-0.2, -0.15) is 4.57 Å². The van der Waals surface area contributed by atoms with Crippen LogP contribution in [-0.4, -0.2) is 5.78 Å². The topological polar surface area (TPSA) is 20.9 Å². The predicted octanol–water partition coefficient (Wildman–Crippen LogP) is -2.06. The second kappa shape index (κ2) is 4.46. The van der Waals surface area contributed by atoms with Gasteiger partial charge < -0.3 is 12.4 Å². The van der Waals surface area contributed by atoms with Crippen molar-refractivity contribution in [3.05, 3.63) is 16.6 Å². The lowest BCUT2D eigenvalue weighted by Gasteiger charge is -1.82. The molecule has 0 bridgehead atoms. The molecule has 0 atom stereocenters. The Morgan fingerprint density at radius 2 is 2.36 bits per heavy atom. The maximum atomic E-state index is 10.6. The fourth-order valence-electron chi connectivity index (χ4n) is 0.785. The number of aromatic nitrogens is 1. The predicted molar refractivity (Wildman–Crippen MR) is 39.9 cm³/mol. The number of rotatable bonds is 2. The third kappa shape index (κ3) is 3.49. The minimum atomic E-state index is 0. The zero-order valence-corrected chi connectivity index (χ0v) is 8.08. The van der Waals surface area contributed by atoms with Crippen molar-refractivity contribution >= 4 is 17.1 Å². The number of carbonyl (C=O) groups is 1. The van der Waals surface area contributed by atoms with Gasteiger partial charge in [-0.05, 0) is 6.92 Å². The molecule has 0 N–H and O–H groups in total. The van der Waals surface area contributed by atoms with Gasteiger partial charge in [0.1, 0.15) is 0 Å². The van der Waals surface area contributed by atoms with Crippen LogP contribution in [0.15, 0.2) is 11.7 Å². The molecular weight excluding hydrogens is 182 g/mol. The van der Waals surface area contributed by atoms with E-state index in [9.17, 15) is 4.79 Å². The fourth-order valence-corrected chi connectivity index (χ4v) is 1.42. The summed E-state index contributed by atoms with van der Waals surface area (Å²) in [5.41, 5.74) is 1.96. The molecule has 0 unspecified atom stereocenters. The molecule has 0 amide bonds. The molecule has 1 heterocycles. The first-order valence-corrected chi connectivity index (χ1v) is 4.00. The van der Waals surface area contributed by atoms with E-state index in [1.807, 2.05) is 23.2 Å². The summed E-state index contributed by atoms with van der Waals surface area (Å²) in [5.74, 6) is 0.197. The zero-order valence-electron chi connectivity index (χ0n) is 6.50. The van der Waals surface area contributed by atoms with Gasteiger partial charge in [0.15, 0.2) is 12.0 Å². The number of hydrogen-bond acceptors (Lipinski definition) is 2. The zero-order chi connectivity index (χ0) is 7.56. The van der Waals surface area contributed by atoms with Gasteiger partial charge in [-0.25, -0.2) is 0 Å². The van der Waals surface area contributed by atoms with Crippen molar-refractivity contribution in [1.82, 2.24) is 0 Å². The fraction of sp³-hybridized carbons (Fsp3) is 0.429. The smallest absolute Gasteiger partial charge is 0.225 e. The highest BCUT2D eigenvalue weighted by Gasteiger charge is 2.05. The van der Waals surface area contributed by atoms with E-state index >= 15 is 0 Å². The summed E-state index contributed by atoms with van der Waals surface area (Å²) in [5, 5.41) is 0. The molecule has 0 aliphatic rings. The maximum absolute atomic E-state index is 10.6. The van der Waals surface area contributed by atoms with Crippen molar-refractivity contribution < 1.29 is 21.8 Å². The van der Waals surface area contributed by atoms with Crippen molar-refractivity contribution in [2.24, 2.45) is 0 Å². The SMILES string of the molecule is CC(=O)C[n+]1csc(C)c1.[Cl-]. The number of carbonyl (C=O) groups excluding carboxylic acids is 1. The molecule has 62 valence electrons. The highest BCUT2D eigenvalue weighted by atomic mass is 35.5. The summed E-state index contributed by atoms with van der Waals surface area (Å²) < 4.78 is 1.91. The van der Waals surface area contributed by atoms with Gasteiger partial charge in [0, 0.05) is 6.92 Å². The summed E-state index contributed by atoms with van der Waals surface area (Å²) in [6, 6.07) is 0. The van der Waals surface area contributed by atoms with E-state index < -0.39 is 0 Å². The number of Topliss-reactive ketones (excluding diaryl/α,β-unsaturated/α-hetero) is 1. The maximum Gasteiger partial charge on any atom is 0.225 e. The number of hydrogen-bond donors (Lipinski definition) is 0. The Balaban J connectivity index is 0.000001000. The molecule has 2 nitrogen and oxygen atoms in total. The molecule has 0 spiro atoms. The highest BCUT2D eigenvalue weighted by Crippen LogP contribution is 1.99. The average molecular weight is 192 g/mol. The number of thiazole rings is 1. The minimum absolute atomic E-state index is 0. The molecule has 0 radical (unpaired) electrons. The van der Waals surface area contributed by atoms with Crippen LogP contribution in [0.25, 0.3) is 0 Å². The minimum Gasteiger partial charge on any atom is -1.00 e. The molecule has 0 saturated heterocycles. The van der Waals surface area contributed by atoms with Crippen molar-refractivity contribution in [3.63, 3.8) is 0 Å². The quantitative estimate of drug-likeness (QED) is 0.493. The molecule has 4 heteroatoms. The van der Waals surface area contributed by atoms with Crippen LogP contribution < -0.4 is 17.0 Å². The van der Waals surface area contributed by atoms with Crippen molar-refractivity contribution in [3.8, 4) is 0 Å². The van der Waals surface area contributed by atoms with E-state index in [4.69, 9.17) is 0 Å². The molecule has 1 rings (SSSR count). The van der Waals surface area contributed by atoms with E-state index in [1.165, 1.54) is 4.88 Å². The standard InChI is InChI=1S/C7H10NOS.ClH/c1-6(9)3-8-4-7(2)10-5-8;/h4-5H,3H2,1-2H3;1H/q+1;/p-1. The van der Waals surface area contributed by atoms with Crippen LogP contribution >= 0.6 is 11.3 Å². The lowest BCUT2D eigenvalue weighted by molar-refractivity contribution is -0.679. The Kier molecular flexibility index (Phi) is 4.30. The Labute approximate surface area is 76.3 Å². The van der Waals surface area contributed by atoms with Gasteiger partial charge in [-0.3, -0.25) is 4.79 Å². The molecule has 1 aromatic heterocycles. The second-order valence-electron chi connectivity index (χ2n) is 2.34. The largest absolute Gasteiger partial charge is 1.00 e. The Morgan fingerprint density at radius 3 is 2.73 bits per heavy atom. The molecule has 0 aliphatic heterocycles. The summed E-state index contributed by atoms with van der Waals surface area (Å²) in [6.45, 7) is 4.13. The van der Waals surface area contributed by atoms with E-state index in [2.05, 4.69) is 0 Å². The third-order valence-electron chi connectivity index (χ3n) is 1.13. The first-order valence-electron chi connectivity index (χ1n) is 3.12. The molecule has 1 aromatic rings. The van der Waals surface area contributed by atoms with Gasteiger partial charge in [0.25, 0.3) is 0 Å². The van der Waals surface area contributed by atoms with Crippen molar-refractivity contribution in [1.29, 1.82) is 0 Å². The lowest BCUT2D eigenvalue weighted by atomic mass is 10.4. The highest BCUT2D eigenvalue weighted by molar-refractivity contribution is 7.09. The molecule has 0 aromatic carbocycles. The van der Waals surface area contributed by atoms with Gasteiger partial charge in [0.2, 0.25) is 12.1 Å². The summed E-state index contributed by atoms with van der Waals surface area (Å²) in [6.07, 6.45) is 1.98. The molecule has 11 heavy (non-hydrogen) atoms. The third-order valence-corrected chi connectivity index (χ3v) is 1.98. The van der Waals surface area contributed by atoms with Crippen LogP contribution in [0.5, 0.6) is 0 Å². The van der Waals surface area contributed by atoms with Crippen LogP contribution in [0.2, 0.25) is 0 Å². The number of halogens is 1. The Hall–Kier alpha value is -0.410. The molecule has 0 fully saturated rings. The van der Waals surface area contributed by atoms with Crippen LogP contribution in [0.3, 0.4) is 0 Å². The summed E-state index contributed by atoms with van der Waals surface area (Å²) in [4.78, 5) is 11.8. The first kappa shape index (κ1) is 10.6. The first-order chi connectivity index (χ1) is 4.68.